The smallest absolute Gasteiger partial charge is 0.257 e. The Morgan fingerprint density at radius 2 is 1.88 bits per heavy atom. The number of carbonyl (C=O) groups is 1. The topological polar surface area (TPSA) is 102 Å². The molecule has 128 valence electrons. The molecule has 0 bridgehead atoms. The number of nitrogens with two attached hydrogens (primary N) is 1. The molecule has 2 heterocycles. The molecule has 1 aromatic heterocycles. The van der Waals surface area contributed by atoms with Gasteiger partial charge in [0.15, 0.2) is 0 Å². The molecule has 0 atom stereocenters. The summed E-state index contributed by atoms with van der Waals surface area (Å²) in [4.78, 5) is 16.7. The minimum Gasteiger partial charge on any atom is -0.306 e. The number of amides is 1. The van der Waals surface area contributed by atoms with Crippen LogP contribution >= 0.6 is 0 Å². The highest BCUT2D eigenvalue weighted by molar-refractivity contribution is 7.89. The van der Waals surface area contributed by atoms with Crippen LogP contribution in [0, 0.1) is 0 Å². The van der Waals surface area contributed by atoms with Gasteiger partial charge < -0.3 is 5.32 Å². The molecule has 1 aromatic carbocycles. The van der Waals surface area contributed by atoms with Crippen LogP contribution in [0.5, 0.6) is 0 Å². The van der Waals surface area contributed by atoms with Crippen molar-refractivity contribution in [3.8, 4) is 0 Å². The Morgan fingerprint density at radius 1 is 1.12 bits per heavy atom. The molecule has 2 aliphatic rings. The third-order valence-electron chi connectivity index (χ3n) is 4.71. The zero-order chi connectivity index (χ0) is 17.6. The van der Waals surface area contributed by atoms with Gasteiger partial charge in [0.05, 0.1) is 10.5 Å². The number of sulfonamides is 1. The highest BCUT2D eigenvalue weighted by atomic mass is 32.2. The summed E-state index contributed by atoms with van der Waals surface area (Å²) in [7, 11) is -3.76. The Bertz CT molecular complexity index is 1030. The van der Waals surface area contributed by atoms with Crippen molar-refractivity contribution in [2.45, 2.75) is 30.6 Å². The van der Waals surface area contributed by atoms with Crippen LogP contribution in [0.3, 0.4) is 0 Å². The first kappa shape index (κ1) is 16.0. The van der Waals surface area contributed by atoms with Gasteiger partial charge >= 0.3 is 0 Å². The maximum Gasteiger partial charge on any atom is 0.257 e. The minimum atomic E-state index is -3.76. The maximum atomic E-state index is 12.3. The Balaban J connectivity index is 1.89. The predicted molar refractivity (Wildman–Crippen MR) is 95.2 cm³/mol. The number of nitrogens with zero attached hydrogens (tertiary/aromatic N) is 1. The Morgan fingerprint density at radius 3 is 2.64 bits per heavy atom. The first-order chi connectivity index (χ1) is 11.9. The molecular formula is C18H17N3O3S. The highest BCUT2D eigenvalue weighted by Gasteiger charge is 2.26. The number of carbonyl (C=O) groups excluding carboxylic acids is 1. The quantitative estimate of drug-likeness (QED) is 0.805. The number of fused-ring (bicyclic) bond motifs is 2. The zero-order valence-electron chi connectivity index (χ0n) is 13.5. The number of pyridine rings is 1. The molecule has 0 fully saturated rings. The van der Waals surface area contributed by atoms with E-state index in [-0.39, 0.29) is 10.8 Å². The van der Waals surface area contributed by atoms with Gasteiger partial charge in [-0.3, -0.25) is 4.79 Å². The molecule has 0 radical (unpaired) electrons. The van der Waals surface area contributed by atoms with Gasteiger partial charge in [0, 0.05) is 11.8 Å². The van der Waals surface area contributed by atoms with E-state index in [2.05, 4.69) is 10.3 Å². The Hall–Kier alpha value is -2.51. The number of hydrogen-bond acceptors (Lipinski definition) is 4. The van der Waals surface area contributed by atoms with Crippen LogP contribution in [0.2, 0.25) is 0 Å². The van der Waals surface area contributed by atoms with Crippen molar-refractivity contribution in [1.29, 1.82) is 0 Å². The lowest BCUT2D eigenvalue weighted by atomic mass is 9.87. The fourth-order valence-electron chi connectivity index (χ4n) is 3.58. The van der Waals surface area contributed by atoms with Gasteiger partial charge in [-0.25, -0.2) is 18.5 Å². The number of hydrogen-bond donors (Lipinski definition) is 2. The summed E-state index contributed by atoms with van der Waals surface area (Å²) in [6.07, 6.45) is 6.83. The molecule has 4 rings (SSSR count). The molecule has 1 amide bonds. The second-order valence-electron chi connectivity index (χ2n) is 6.27. The highest BCUT2D eigenvalue weighted by Crippen LogP contribution is 2.35. The standard InChI is InChI=1S/C18H17N3O3S/c19-25(23,24)16-8-7-11(12-4-1-2-5-13(12)16)10-15-14-6-3-9-20-17(14)21-18(15)22/h3,6-10H,1-2,4-5H2,(H2,19,23,24)(H,20,21,22). The van der Waals surface area contributed by atoms with Crippen molar-refractivity contribution < 1.29 is 13.2 Å². The number of nitrogens with one attached hydrogen (secondary N) is 1. The van der Waals surface area contributed by atoms with Crippen molar-refractivity contribution in [2.75, 3.05) is 5.32 Å². The third-order valence-corrected chi connectivity index (χ3v) is 5.70. The molecule has 7 heteroatoms. The van der Waals surface area contributed by atoms with Gasteiger partial charge in [-0.2, -0.15) is 0 Å². The summed E-state index contributed by atoms with van der Waals surface area (Å²) < 4.78 is 23.7. The van der Waals surface area contributed by atoms with Crippen molar-refractivity contribution in [3.63, 3.8) is 0 Å². The summed E-state index contributed by atoms with van der Waals surface area (Å²) in [5.41, 5.74) is 3.92. The lowest BCUT2D eigenvalue weighted by Gasteiger charge is -2.21. The van der Waals surface area contributed by atoms with E-state index < -0.39 is 10.0 Å². The minimum absolute atomic E-state index is 0.197. The molecule has 1 aliphatic heterocycles. The lowest BCUT2D eigenvalue weighted by molar-refractivity contribution is -0.110. The molecule has 6 nitrogen and oxygen atoms in total. The van der Waals surface area contributed by atoms with Crippen LogP contribution in [0.25, 0.3) is 11.6 Å². The van der Waals surface area contributed by atoms with E-state index in [1.54, 1.807) is 24.4 Å². The molecule has 0 unspecified atom stereocenters. The Labute approximate surface area is 145 Å². The average molecular weight is 355 g/mol. The van der Waals surface area contributed by atoms with Gasteiger partial charge in [0.25, 0.3) is 5.91 Å². The van der Waals surface area contributed by atoms with Crippen molar-refractivity contribution in [1.82, 2.24) is 4.98 Å². The van der Waals surface area contributed by atoms with Gasteiger partial charge in [-0.05, 0) is 66.6 Å². The molecule has 2 aromatic rings. The van der Waals surface area contributed by atoms with E-state index in [0.29, 0.717) is 17.8 Å². The largest absolute Gasteiger partial charge is 0.306 e. The first-order valence-corrected chi connectivity index (χ1v) is 9.66. The molecule has 3 N–H and O–H groups in total. The summed E-state index contributed by atoms with van der Waals surface area (Å²) >= 11 is 0. The number of rotatable bonds is 2. The summed E-state index contributed by atoms with van der Waals surface area (Å²) in [5, 5.41) is 8.11. The van der Waals surface area contributed by atoms with E-state index in [4.69, 9.17) is 5.14 Å². The monoisotopic (exact) mass is 355 g/mol. The fraction of sp³-hybridized carbons (Fsp3) is 0.222. The van der Waals surface area contributed by atoms with E-state index in [0.717, 1.165) is 41.5 Å². The molecule has 0 saturated carbocycles. The number of benzene rings is 1. The van der Waals surface area contributed by atoms with E-state index in [1.165, 1.54) is 0 Å². The predicted octanol–water partition coefficient (Wildman–Crippen LogP) is 2.10. The average Bonchev–Trinajstić information content (AvgIpc) is 2.90. The van der Waals surface area contributed by atoms with Crippen molar-refractivity contribution in [2.24, 2.45) is 5.14 Å². The van der Waals surface area contributed by atoms with Crippen LogP contribution in [-0.4, -0.2) is 19.3 Å². The van der Waals surface area contributed by atoms with Crippen LogP contribution in [-0.2, 0) is 27.7 Å². The Kier molecular flexibility index (Phi) is 3.70. The third kappa shape index (κ3) is 2.75. The SMILES string of the molecule is NS(=O)(=O)c1ccc(C=C2C(=O)Nc3ncccc32)c2c1CCCC2. The molecule has 0 saturated heterocycles. The van der Waals surface area contributed by atoms with Crippen LogP contribution in [0.4, 0.5) is 5.82 Å². The van der Waals surface area contributed by atoms with Crippen LogP contribution < -0.4 is 10.5 Å². The van der Waals surface area contributed by atoms with Gasteiger partial charge in [0.1, 0.15) is 5.82 Å². The molecule has 0 spiro atoms. The van der Waals surface area contributed by atoms with Crippen molar-refractivity contribution in [3.05, 3.63) is 52.7 Å². The molecule has 25 heavy (non-hydrogen) atoms. The lowest BCUT2D eigenvalue weighted by Crippen LogP contribution is -2.18. The van der Waals surface area contributed by atoms with Crippen LogP contribution in [0.15, 0.2) is 35.4 Å². The summed E-state index contributed by atoms with van der Waals surface area (Å²) in [6, 6.07) is 6.91. The maximum absolute atomic E-state index is 12.3. The summed E-state index contributed by atoms with van der Waals surface area (Å²) in [5.74, 6) is 0.350. The van der Waals surface area contributed by atoms with Gasteiger partial charge in [-0.1, -0.05) is 6.07 Å². The molecule has 1 aliphatic carbocycles. The van der Waals surface area contributed by atoms with Crippen LogP contribution in [0.1, 0.15) is 35.1 Å². The van der Waals surface area contributed by atoms with Gasteiger partial charge in [0.2, 0.25) is 10.0 Å². The second-order valence-corrected chi connectivity index (χ2v) is 7.80. The van der Waals surface area contributed by atoms with E-state index in [9.17, 15) is 13.2 Å². The van der Waals surface area contributed by atoms with Gasteiger partial charge in [-0.15, -0.1) is 0 Å². The van der Waals surface area contributed by atoms with E-state index >= 15 is 0 Å². The summed E-state index contributed by atoms with van der Waals surface area (Å²) in [6.45, 7) is 0. The number of aromatic nitrogens is 1. The zero-order valence-corrected chi connectivity index (χ0v) is 14.3. The molecular weight excluding hydrogens is 338 g/mol. The van der Waals surface area contributed by atoms with E-state index in [1.807, 2.05) is 12.1 Å². The normalized spacial score (nSPS) is 18.0. The van der Waals surface area contributed by atoms with Crippen molar-refractivity contribution >= 4 is 33.4 Å². The second kappa shape index (κ2) is 5.79. The number of anilines is 1. The first-order valence-electron chi connectivity index (χ1n) is 8.11. The number of primary sulfonamides is 1. The fourth-order valence-corrected chi connectivity index (χ4v) is 4.41.